The molecule has 1 aliphatic rings. The number of nitrogens with one attached hydrogen (secondary N) is 2. The van der Waals surface area contributed by atoms with E-state index in [2.05, 4.69) is 10.6 Å². The van der Waals surface area contributed by atoms with E-state index in [9.17, 15) is 8.42 Å². The lowest BCUT2D eigenvalue weighted by atomic mass is 10.0. The van der Waals surface area contributed by atoms with Gasteiger partial charge >= 0.3 is 0 Å². The summed E-state index contributed by atoms with van der Waals surface area (Å²) in [6.45, 7) is 0.994. The molecule has 0 spiro atoms. The molecule has 0 atom stereocenters. The Morgan fingerprint density at radius 2 is 1.95 bits per heavy atom. The van der Waals surface area contributed by atoms with Crippen LogP contribution in [-0.4, -0.2) is 15.0 Å². The quantitative estimate of drug-likeness (QED) is 0.813. The van der Waals surface area contributed by atoms with Gasteiger partial charge in [-0.2, -0.15) is 0 Å². The predicted octanol–water partition coefficient (Wildman–Crippen LogP) is 2.44. The molecule has 21 heavy (non-hydrogen) atoms. The Morgan fingerprint density at radius 3 is 2.76 bits per heavy atom. The number of aryl methyl sites for hydroxylation is 1. The van der Waals surface area contributed by atoms with Crippen LogP contribution in [0.25, 0.3) is 0 Å². The number of para-hydroxylation sites is 1. The first-order valence-electron chi connectivity index (χ1n) is 6.80. The second-order valence-electron chi connectivity index (χ2n) is 5.07. The Bertz CT molecular complexity index is 772. The maximum Gasteiger partial charge on any atom is 0.240 e. The number of nitrogens with two attached hydrogens (primary N) is 1. The summed E-state index contributed by atoms with van der Waals surface area (Å²) in [5.41, 5.74) is 3.73. The minimum Gasteiger partial charge on any atom is -0.385 e. The van der Waals surface area contributed by atoms with Gasteiger partial charge in [0.25, 0.3) is 0 Å². The van der Waals surface area contributed by atoms with Gasteiger partial charge in [0.2, 0.25) is 10.0 Å². The largest absolute Gasteiger partial charge is 0.385 e. The van der Waals surface area contributed by atoms with E-state index in [0.717, 1.165) is 30.8 Å². The first kappa shape index (κ1) is 13.9. The average Bonchev–Trinajstić information content (AvgIpc) is 2.46. The molecule has 5 nitrogen and oxygen atoms in total. The molecule has 6 heteroatoms. The summed E-state index contributed by atoms with van der Waals surface area (Å²) in [6.07, 6.45) is 2.12. The SMILES string of the molecule is NS(=O)(=O)c1ccccc1Nc1ccc2c(c1)CCCN2. The highest BCUT2D eigenvalue weighted by atomic mass is 32.2. The summed E-state index contributed by atoms with van der Waals surface area (Å²) >= 11 is 0. The van der Waals surface area contributed by atoms with Crippen LogP contribution < -0.4 is 15.8 Å². The minimum atomic E-state index is -3.75. The molecule has 4 N–H and O–H groups in total. The zero-order valence-electron chi connectivity index (χ0n) is 11.5. The molecule has 0 aromatic heterocycles. The number of hydrogen-bond donors (Lipinski definition) is 3. The van der Waals surface area contributed by atoms with Gasteiger partial charge in [-0.05, 0) is 48.7 Å². The molecule has 1 heterocycles. The Hall–Kier alpha value is -2.05. The Morgan fingerprint density at radius 1 is 1.14 bits per heavy atom. The van der Waals surface area contributed by atoms with Gasteiger partial charge in [-0.15, -0.1) is 0 Å². The number of hydrogen-bond acceptors (Lipinski definition) is 4. The van der Waals surface area contributed by atoms with E-state index in [1.54, 1.807) is 18.2 Å². The number of sulfonamides is 1. The third-order valence-corrected chi connectivity index (χ3v) is 4.49. The second kappa shape index (κ2) is 5.38. The van der Waals surface area contributed by atoms with Crippen LogP contribution >= 0.6 is 0 Å². The van der Waals surface area contributed by atoms with Crippen molar-refractivity contribution >= 4 is 27.1 Å². The molecule has 0 saturated carbocycles. The minimum absolute atomic E-state index is 0.0980. The van der Waals surface area contributed by atoms with Crippen molar-refractivity contribution in [1.29, 1.82) is 0 Å². The molecular formula is C15H17N3O2S. The topological polar surface area (TPSA) is 84.2 Å². The molecule has 2 aromatic carbocycles. The molecule has 3 rings (SSSR count). The number of fused-ring (bicyclic) bond motifs is 1. The van der Waals surface area contributed by atoms with Crippen molar-refractivity contribution in [1.82, 2.24) is 0 Å². The van der Waals surface area contributed by atoms with Crippen LogP contribution in [-0.2, 0) is 16.4 Å². The smallest absolute Gasteiger partial charge is 0.240 e. The van der Waals surface area contributed by atoms with Crippen molar-refractivity contribution in [3.05, 3.63) is 48.0 Å². The highest BCUT2D eigenvalue weighted by Crippen LogP contribution is 2.29. The van der Waals surface area contributed by atoms with Crippen molar-refractivity contribution in [2.75, 3.05) is 17.2 Å². The number of benzene rings is 2. The fourth-order valence-corrected chi connectivity index (χ4v) is 3.22. The van der Waals surface area contributed by atoms with Gasteiger partial charge in [-0.1, -0.05) is 12.1 Å². The highest BCUT2D eigenvalue weighted by molar-refractivity contribution is 7.89. The van der Waals surface area contributed by atoms with Crippen LogP contribution in [0.1, 0.15) is 12.0 Å². The summed E-state index contributed by atoms with van der Waals surface area (Å²) in [5.74, 6) is 0. The Kier molecular flexibility index (Phi) is 3.57. The van der Waals surface area contributed by atoms with Crippen molar-refractivity contribution < 1.29 is 8.42 Å². The van der Waals surface area contributed by atoms with E-state index in [1.165, 1.54) is 11.6 Å². The average molecular weight is 303 g/mol. The lowest BCUT2D eigenvalue weighted by Gasteiger charge is -2.19. The monoisotopic (exact) mass is 303 g/mol. The fraction of sp³-hybridized carbons (Fsp3) is 0.200. The van der Waals surface area contributed by atoms with E-state index in [0.29, 0.717) is 5.69 Å². The van der Waals surface area contributed by atoms with Crippen LogP contribution in [0.2, 0.25) is 0 Å². The molecule has 2 aromatic rings. The van der Waals surface area contributed by atoms with E-state index in [1.807, 2.05) is 18.2 Å². The highest BCUT2D eigenvalue weighted by Gasteiger charge is 2.14. The molecule has 1 aliphatic heterocycles. The Balaban J connectivity index is 1.94. The summed E-state index contributed by atoms with van der Waals surface area (Å²) in [7, 11) is -3.75. The lowest BCUT2D eigenvalue weighted by Crippen LogP contribution is -2.14. The third kappa shape index (κ3) is 3.01. The molecule has 0 bridgehead atoms. The third-order valence-electron chi connectivity index (χ3n) is 3.52. The van der Waals surface area contributed by atoms with E-state index >= 15 is 0 Å². The second-order valence-corrected chi connectivity index (χ2v) is 6.60. The molecule has 0 saturated heterocycles. The molecule has 0 aliphatic carbocycles. The van der Waals surface area contributed by atoms with Crippen LogP contribution in [0.5, 0.6) is 0 Å². The van der Waals surface area contributed by atoms with Crippen LogP contribution in [0.15, 0.2) is 47.4 Å². The zero-order valence-corrected chi connectivity index (χ0v) is 12.3. The summed E-state index contributed by atoms with van der Waals surface area (Å²) in [5, 5.41) is 11.7. The van der Waals surface area contributed by atoms with Crippen molar-refractivity contribution in [2.24, 2.45) is 5.14 Å². The van der Waals surface area contributed by atoms with Gasteiger partial charge in [-0.3, -0.25) is 0 Å². The van der Waals surface area contributed by atoms with Crippen molar-refractivity contribution in [3.8, 4) is 0 Å². The predicted molar refractivity (Wildman–Crippen MR) is 84.4 cm³/mol. The molecule has 0 fully saturated rings. The summed E-state index contributed by atoms with van der Waals surface area (Å²) < 4.78 is 23.2. The first-order chi connectivity index (χ1) is 10.0. The summed E-state index contributed by atoms with van der Waals surface area (Å²) in [6, 6.07) is 12.6. The van der Waals surface area contributed by atoms with Gasteiger partial charge in [0.15, 0.2) is 0 Å². The van der Waals surface area contributed by atoms with Gasteiger partial charge in [0.1, 0.15) is 4.90 Å². The van der Waals surface area contributed by atoms with E-state index in [4.69, 9.17) is 5.14 Å². The molecule has 110 valence electrons. The van der Waals surface area contributed by atoms with Crippen molar-refractivity contribution in [2.45, 2.75) is 17.7 Å². The van der Waals surface area contributed by atoms with Gasteiger partial charge < -0.3 is 10.6 Å². The number of anilines is 3. The first-order valence-corrected chi connectivity index (χ1v) is 8.34. The number of primary sulfonamides is 1. The van der Waals surface area contributed by atoms with Gasteiger partial charge in [0.05, 0.1) is 5.69 Å². The van der Waals surface area contributed by atoms with Gasteiger partial charge in [0, 0.05) is 17.9 Å². The standard InChI is InChI=1S/C15H17N3O2S/c16-21(19,20)15-6-2-1-5-14(15)18-12-7-8-13-11(10-12)4-3-9-17-13/h1-2,5-8,10,17-18H,3-4,9H2,(H2,16,19,20). The van der Waals surface area contributed by atoms with Crippen molar-refractivity contribution in [3.63, 3.8) is 0 Å². The van der Waals surface area contributed by atoms with Crippen LogP contribution in [0, 0.1) is 0 Å². The normalized spacial score (nSPS) is 14.1. The van der Waals surface area contributed by atoms with Crippen LogP contribution in [0.3, 0.4) is 0 Å². The van der Waals surface area contributed by atoms with Gasteiger partial charge in [-0.25, -0.2) is 13.6 Å². The van der Waals surface area contributed by atoms with Crippen LogP contribution in [0.4, 0.5) is 17.1 Å². The summed E-state index contributed by atoms with van der Waals surface area (Å²) in [4.78, 5) is 0.0980. The fourth-order valence-electron chi connectivity index (χ4n) is 2.53. The Labute approximate surface area is 124 Å². The molecule has 0 unspecified atom stereocenters. The molecular weight excluding hydrogens is 286 g/mol. The van der Waals surface area contributed by atoms with E-state index in [-0.39, 0.29) is 4.90 Å². The number of rotatable bonds is 3. The zero-order chi connectivity index (χ0) is 14.9. The molecule has 0 amide bonds. The van der Waals surface area contributed by atoms with E-state index < -0.39 is 10.0 Å². The lowest BCUT2D eigenvalue weighted by molar-refractivity contribution is 0.598. The maximum absolute atomic E-state index is 11.6. The molecule has 0 radical (unpaired) electrons. The maximum atomic E-state index is 11.6.